The zero-order chi connectivity index (χ0) is 16.0. The summed E-state index contributed by atoms with van der Waals surface area (Å²) in [5.74, 6) is -0.187. The van der Waals surface area contributed by atoms with Crippen LogP contribution in [0.1, 0.15) is 32.4 Å². The van der Waals surface area contributed by atoms with E-state index in [0.717, 1.165) is 0 Å². The number of rotatable bonds is 7. The minimum atomic E-state index is -0.781. The summed E-state index contributed by atoms with van der Waals surface area (Å²) in [4.78, 5) is 24.0. The van der Waals surface area contributed by atoms with Gasteiger partial charge in [0.15, 0.2) is 0 Å². The zero-order valence-corrected chi connectivity index (χ0v) is 12.5. The van der Waals surface area contributed by atoms with Crippen molar-refractivity contribution in [1.82, 2.24) is 5.32 Å². The molecule has 1 amide bonds. The molecular formula is C14H21N3O4. The van der Waals surface area contributed by atoms with Gasteiger partial charge in [0.2, 0.25) is 5.91 Å². The number of carbonyl (C=O) groups excluding carboxylic acids is 1. The minimum Gasteiger partial charge on any atom is -0.389 e. The van der Waals surface area contributed by atoms with E-state index >= 15 is 0 Å². The topological polar surface area (TPSA) is 95.7 Å². The molecule has 0 saturated heterocycles. The Labute approximate surface area is 123 Å². The van der Waals surface area contributed by atoms with Crippen molar-refractivity contribution in [3.8, 4) is 0 Å². The number of hydrogen-bond donors (Lipinski definition) is 2. The summed E-state index contributed by atoms with van der Waals surface area (Å²) >= 11 is 0. The lowest BCUT2D eigenvalue weighted by Gasteiger charge is -2.22. The molecule has 0 spiro atoms. The SMILES string of the molecule is CCNC(=O)CN(CC)c1ccc([C@H](C)O)cc1[N+](=O)[O-]. The smallest absolute Gasteiger partial charge is 0.292 e. The number of benzene rings is 1. The first-order valence-corrected chi connectivity index (χ1v) is 6.88. The second kappa shape index (κ2) is 7.58. The minimum absolute atomic E-state index is 0.0548. The van der Waals surface area contributed by atoms with Gasteiger partial charge in [0, 0.05) is 19.2 Å². The normalized spacial score (nSPS) is 11.8. The third kappa shape index (κ3) is 4.42. The number of nitrogens with one attached hydrogen (secondary N) is 1. The number of aliphatic hydroxyl groups is 1. The van der Waals surface area contributed by atoms with Crippen LogP contribution in [0.25, 0.3) is 0 Å². The molecule has 116 valence electrons. The van der Waals surface area contributed by atoms with Gasteiger partial charge in [-0.15, -0.1) is 0 Å². The van der Waals surface area contributed by atoms with Crippen molar-refractivity contribution in [2.75, 3.05) is 24.5 Å². The molecule has 0 saturated carbocycles. The molecule has 0 aliphatic carbocycles. The molecule has 2 N–H and O–H groups in total. The molecule has 1 atom stereocenters. The highest BCUT2D eigenvalue weighted by Crippen LogP contribution is 2.31. The monoisotopic (exact) mass is 295 g/mol. The summed E-state index contributed by atoms with van der Waals surface area (Å²) in [5.41, 5.74) is 0.734. The summed E-state index contributed by atoms with van der Waals surface area (Å²) in [6.45, 7) is 6.22. The highest BCUT2D eigenvalue weighted by Gasteiger charge is 2.21. The summed E-state index contributed by atoms with van der Waals surface area (Å²) in [6.07, 6.45) is -0.781. The molecule has 0 bridgehead atoms. The van der Waals surface area contributed by atoms with Crippen LogP contribution in [-0.2, 0) is 4.79 Å². The van der Waals surface area contributed by atoms with E-state index in [1.54, 1.807) is 24.0 Å². The van der Waals surface area contributed by atoms with Crippen LogP contribution < -0.4 is 10.2 Å². The first kappa shape index (κ1) is 16.9. The summed E-state index contributed by atoms with van der Waals surface area (Å²) in [5, 5.41) is 23.4. The highest BCUT2D eigenvalue weighted by molar-refractivity contribution is 5.82. The standard InChI is InChI=1S/C14H21N3O4/c1-4-15-14(19)9-16(5-2)12-7-6-11(10(3)18)8-13(12)17(20)21/h6-8,10,18H,4-5,9H2,1-3H3,(H,15,19)/t10-/m0/s1. The Kier molecular flexibility index (Phi) is 6.10. The molecule has 1 rings (SSSR count). The second-order valence-electron chi connectivity index (χ2n) is 4.65. The van der Waals surface area contributed by atoms with Crippen molar-refractivity contribution in [3.63, 3.8) is 0 Å². The molecule has 0 heterocycles. The van der Waals surface area contributed by atoms with Gasteiger partial charge < -0.3 is 15.3 Å². The third-order valence-electron chi connectivity index (χ3n) is 3.11. The maximum Gasteiger partial charge on any atom is 0.292 e. The molecule has 0 aromatic heterocycles. The number of aliphatic hydroxyl groups excluding tert-OH is 1. The fourth-order valence-corrected chi connectivity index (χ4v) is 2.01. The number of anilines is 1. The number of hydrogen-bond acceptors (Lipinski definition) is 5. The molecule has 0 aliphatic heterocycles. The van der Waals surface area contributed by atoms with Gasteiger partial charge in [0.05, 0.1) is 17.6 Å². The molecule has 1 aromatic rings. The van der Waals surface area contributed by atoms with Crippen molar-refractivity contribution in [2.45, 2.75) is 26.9 Å². The van der Waals surface area contributed by atoms with Gasteiger partial charge in [-0.2, -0.15) is 0 Å². The number of carbonyl (C=O) groups is 1. The number of nitrogens with zero attached hydrogens (tertiary/aromatic N) is 2. The van der Waals surface area contributed by atoms with Crippen LogP contribution in [0.4, 0.5) is 11.4 Å². The summed E-state index contributed by atoms with van der Waals surface area (Å²) in [7, 11) is 0. The van der Waals surface area contributed by atoms with Crippen LogP contribution in [0.2, 0.25) is 0 Å². The maximum absolute atomic E-state index is 11.7. The summed E-state index contributed by atoms with van der Waals surface area (Å²) < 4.78 is 0. The van der Waals surface area contributed by atoms with Crippen LogP contribution in [0.5, 0.6) is 0 Å². The van der Waals surface area contributed by atoms with Gasteiger partial charge in [-0.05, 0) is 32.4 Å². The van der Waals surface area contributed by atoms with E-state index in [0.29, 0.717) is 24.3 Å². The number of nitro benzene ring substituents is 1. The highest BCUT2D eigenvalue weighted by atomic mass is 16.6. The van der Waals surface area contributed by atoms with E-state index in [4.69, 9.17) is 0 Å². The van der Waals surface area contributed by atoms with E-state index in [-0.39, 0.29) is 18.1 Å². The van der Waals surface area contributed by atoms with E-state index in [2.05, 4.69) is 5.32 Å². The lowest BCUT2D eigenvalue weighted by atomic mass is 10.1. The largest absolute Gasteiger partial charge is 0.389 e. The van der Waals surface area contributed by atoms with E-state index < -0.39 is 11.0 Å². The molecule has 0 unspecified atom stereocenters. The van der Waals surface area contributed by atoms with Crippen molar-refractivity contribution in [2.24, 2.45) is 0 Å². The fourth-order valence-electron chi connectivity index (χ4n) is 2.01. The van der Waals surface area contributed by atoms with Crippen molar-refractivity contribution in [1.29, 1.82) is 0 Å². The molecule has 7 nitrogen and oxygen atoms in total. The van der Waals surface area contributed by atoms with Crippen LogP contribution in [0.3, 0.4) is 0 Å². The lowest BCUT2D eigenvalue weighted by Crippen LogP contribution is -2.37. The number of amides is 1. The van der Waals surface area contributed by atoms with Gasteiger partial charge >= 0.3 is 0 Å². The average molecular weight is 295 g/mol. The average Bonchev–Trinajstić information content (AvgIpc) is 2.44. The Balaban J connectivity index is 3.13. The summed E-state index contributed by atoms with van der Waals surface area (Å²) in [6, 6.07) is 4.55. The first-order valence-electron chi connectivity index (χ1n) is 6.88. The van der Waals surface area contributed by atoms with Crippen molar-refractivity contribution >= 4 is 17.3 Å². The van der Waals surface area contributed by atoms with Crippen molar-refractivity contribution in [3.05, 3.63) is 33.9 Å². The molecule has 21 heavy (non-hydrogen) atoms. The van der Waals surface area contributed by atoms with Gasteiger partial charge in [0.1, 0.15) is 5.69 Å². The number of likely N-dealkylation sites (N-methyl/N-ethyl adjacent to an activating group) is 2. The van der Waals surface area contributed by atoms with Gasteiger partial charge in [-0.1, -0.05) is 6.07 Å². The predicted octanol–water partition coefficient (Wildman–Crippen LogP) is 1.61. The van der Waals surface area contributed by atoms with Gasteiger partial charge in [0.25, 0.3) is 5.69 Å². The molecule has 0 radical (unpaired) electrons. The Morgan fingerprint density at radius 3 is 2.62 bits per heavy atom. The zero-order valence-electron chi connectivity index (χ0n) is 12.5. The van der Waals surface area contributed by atoms with Crippen LogP contribution in [-0.4, -0.2) is 35.6 Å². The third-order valence-corrected chi connectivity index (χ3v) is 3.11. The Morgan fingerprint density at radius 1 is 1.48 bits per heavy atom. The van der Waals surface area contributed by atoms with E-state index in [1.165, 1.54) is 6.07 Å². The molecule has 0 fully saturated rings. The Morgan fingerprint density at radius 2 is 2.14 bits per heavy atom. The Hall–Kier alpha value is -2.15. The maximum atomic E-state index is 11.7. The van der Waals surface area contributed by atoms with E-state index in [1.807, 2.05) is 13.8 Å². The van der Waals surface area contributed by atoms with Crippen LogP contribution in [0, 0.1) is 10.1 Å². The van der Waals surface area contributed by atoms with Crippen LogP contribution >= 0.6 is 0 Å². The lowest BCUT2D eigenvalue weighted by molar-refractivity contribution is -0.384. The van der Waals surface area contributed by atoms with Gasteiger partial charge in [-0.3, -0.25) is 14.9 Å². The molecule has 7 heteroatoms. The first-order chi connectivity index (χ1) is 9.90. The fraction of sp³-hybridized carbons (Fsp3) is 0.500. The predicted molar refractivity (Wildman–Crippen MR) is 80.3 cm³/mol. The molecular weight excluding hydrogens is 274 g/mol. The molecule has 0 aliphatic rings. The van der Waals surface area contributed by atoms with Gasteiger partial charge in [-0.25, -0.2) is 0 Å². The van der Waals surface area contributed by atoms with E-state index in [9.17, 15) is 20.0 Å². The molecule has 1 aromatic carbocycles. The second-order valence-corrected chi connectivity index (χ2v) is 4.65. The Bertz CT molecular complexity index is 517. The van der Waals surface area contributed by atoms with Crippen LogP contribution in [0.15, 0.2) is 18.2 Å². The van der Waals surface area contributed by atoms with Crippen molar-refractivity contribution < 1.29 is 14.8 Å². The number of nitro groups is 1. The quantitative estimate of drug-likeness (QED) is 0.588.